The molecule has 150 valence electrons. The Morgan fingerprint density at radius 3 is 2.41 bits per heavy atom. The van der Waals surface area contributed by atoms with Crippen molar-refractivity contribution in [3.05, 3.63) is 82.2 Å². The molecule has 0 atom stereocenters. The predicted molar refractivity (Wildman–Crippen MR) is 119 cm³/mol. The normalized spacial score (nSPS) is 11.3. The van der Waals surface area contributed by atoms with Gasteiger partial charge in [0.15, 0.2) is 0 Å². The zero-order chi connectivity index (χ0) is 21.0. The quantitative estimate of drug-likeness (QED) is 0.490. The van der Waals surface area contributed by atoms with Crippen LogP contribution in [-0.2, 0) is 6.42 Å². The minimum Gasteiger partial charge on any atom is -0.478 e. The fourth-order valence-corrected chi connectivity index (χ4v) is 3.60. The van der Waals surface area contributed by atoms with Crippen LogP contribution in [0.5, 0.6) is 0 Å². The highest BCUT2D eigenvalue weighted by atomic mass is 16.4. The lowest BCUT2D eigenvalue weighted by atomic mass is 10.1. The number of aromatic nitrogens is 1. The largest absolute Gasteiger partial charge is 0.478 e. The third-order valence-electron chi connectivity index (χ3n) is 5.26. The molecular weight excluding hydrogens is 360 g/mol. The molecule has 0 bridgehead atoms. The first-order chi connectivity index (χ1) is 13.9. The molecular formula is C25H28N2O2. The SMILES string of the molecule is CCCCc1ccc(N=Cc2cc(C)n(-c3ccc(C(=O)O)cc3C)c2C)cc1. The van der Waals surface area contributed by atoms with Crippen molar-refractivity contribution in [1.29, 1.82) is 0 Å². The molecule has 0 fully saturated rings. The van der Waals surface area contributed by atoms with Crippen molar-refractivity contribution in [1.82, 2.24) is 4.57 Å². The van der Waals surface area contributed by atoms with Crippen molar-refractivity contribution in [2.75, 3.05) is 0 Å². The minimum atomic E-state index is -0.908. The lowest BCUT2D eigenvalue weighted by molar-refractivity contribution is 0.0697. The molecule has 0 saturated carbocycles. The molecule has 0 saturated heterocycles. The van der Waals surface area contributed by atoms with E-state index in [1.54, 1.807) is 12.1 Å². The number of hydrogen-bond donors (Lipinski definition) is 1. The van der Waals surface area contributed by atoms with E-state index in [-0.39, 0.29) is 0 Å². The van der Waals surface area contributed by atoms with Crippen molar-refractivity contribution < 1.29 is 9.90 Å². The standard InChI is InChI=1S/C25H28N2O2/c1-5-6-7-20-8-11-23(12-9-20)26-16-22-15-18(3)27(19(22)4)24-13-10-21(25(28)29)14-17(24)2/h8-16H,5-7H2,1-4H3,(H,28,29). The van der Waals surface area contributed by atoms with Gasteiger partial charge in [0.2, 0.25) is 0 Å². The van der Waals surface area contributed by atoms with Gasteiger partial charge in [0, 0.05) is 28.9 Å². The molecule has 0 amide bonds. The average molecular weight is 389 g/mol. The van der Waals surface area contributed by atoms with Gasteiger partial charge in [0.05, 0.1) is 11.3 Å². The van der Waals surface area contributed by atoms with Crippen LogP contribution in [0.4, 0.5) is 5.69 Å². The van der Waals surface area contributed by atoms with Gasteiger partial charge in [-0.1, -0.05) is 25.5 Å². The number of carboxylic acids is 1. The Balaban J connectivity index is 1.86. The van der Waals surface area contributed by atoms with Crippen LogP contribution in [0.25, 0.3) is 5.69 Å². The Morgan fingerprint density at radius 2 is 1.79 bits per heavy atom. The van der Waals surface area contributed by atoms with Crippen molar-refractivity contribution in [3.8, 4) is 5.69 Å². The van der Waals surface area contributed by atoms with Crippen LogP contribution in [0, 0.1) is 20.8 Å². The number of aliphatic imine (C=N–C) groups is 1. The maximum Gasteiger partial charge on any atom is 0.335 e. The number of carboxylic acid groups (broad SMARTS) is 1. The zero-order valence-electron chi connectivity index (χ0n) is 17.6. The lowest BCUT2D eigenvalue weighted by Gasteiger charge is -2.13. The van der Waals surface area contributed by atoms with Crippen LogP contribution < -0.4 is 0 Å². The van der Waals surface area contributed by atoms with Crippen LogP contribution in [0.2, 0.25) is 0 Å². The molecule has 0 aliphatic carbocycles. The minimum absolute atomic E-state index is 0.304. The summed E-state index contributed by atoms with van der Waals surface area (Å²) >= 11 is 0. The Kier molecular flexibility index (Phi) is 6.32. The number of aryl methyl sites for hydroxylation is 3. The average Bonchev–Trinajstić information content (AvgIpc) is 2.99. The Hall–Kier alpha value is -3.14. The summed E-state index contributed by atoms with van der Waals surface area (Å²) in [5, 5.41) is 9.20. The van der Waals surface area contributed by atoms with E-state index in [9.17, 15) is 9.90 Å². The van der Waals surface area contributed by atoms with E-state index in [1.165, 1.54) is 18.4 Å². The van der Waals surface area contributed by atoms with Gasteiger partial charge >= 0.3 is 5.97 Å². The van der Waals surface area contributed by atoms with Crippen molar-refractivity contribution in [3.63, 3.8) is 0 Å². The summed E-state index contributed by atoms with van der Waals surface area (Å²) in [6, 6.07) is 15.8. The van der Waals surface area contributed by atoms with E-state index >= 15 is 0 Å². The summed E-state index contributed by atoms with van der Waals surface area (Å²) in [5.74, 6) is -0.908. The number of benzene rings is 2. The molecule has 4 heteroatoms. The molecule has 1 heterocycles. The summed E-state index contributed by atoms with van der Waals surface area (Å²) < 4.78 is 2.15. The Bertz CT molecular complexity index is 1040. The van der Waals surface area contributed by atoms with Crippen LogP contribution >= 0.6 is 0 Å². The fraction of sp³-hybridized carbons (Fsp3) is 0.280. The van der Waals surface area contributed by atoms with Gasteiger partial charge in [-0.2, -0.15) is 0 Å². The van der Waals surface area contributed by atoms with Gasteiger partial charge in [0.1, 0.15) is 0 Å². The molecule has 0 aliphatic rings. The van der Waals surface area contributed by atoms with Crippen molar-refractivity contribution in [2.45, 2.75) is 47.0 Å². The van der Waals surface area contributed by atoms with Crippen molar-refractivity contribution >= 4 is 17.9 Å². The highest BCUT2D eigenvalue weighted by Crippen LogP contribution is 2.24. The van der Waals surface area contributed by atoms with Gasteiger partial charge in [-0.3, -0.25) is 4.99 Å². The highest BCUT2D eigenvalue weighted by Gasteiger charge is 2.13. The Labute approximate surface area is 172 Å². The second-order valence-corrected chi connectivity index (χ2v) is 7.50. The second kappa shape index (κ2) is 8.91. The van der Waals surface area contributed by atoms with E-state index in [0.29, 0.717) is 5.56 Å². The summed E-state index contributed by atoms with van der Waals surface area (Å²) in [6.07, 6.45) is 5.43. The smallest absolute Gasteiger partial charge is 0.335 e. The molecule has 2 aromatic carbocycles. The van der Waals surface area contributed by atoms with Gasteiger partial charge < -0.3 is 9.67 Å². The number of aromatic carboxylic acids is 1. The van der Waals surface area contributed by atoms with Gasteiger partial charge in [-0.05, 0) is 81.1 Å². The molecule has 0 aliphatic heterocycles. The third-order valence-corrected chi connectivity index (χ3v) is 5.26. The molecule has 0 radical (unpaired) electrons. The fourth-order valence-electron chi connectivity index (χ4n) is 3.60. The van der Waals surface area contributed by atoms with Gasteiger partial charge in [0.25, 0.3) is 0 Å². The second-order valence-electron chi connectivity index (χ2n) is 7.50. The zero-order valence-corrected chi connectivity index (χ0v) is 17.6. The first-order valence-electron chi connectivity index (χ1n) is 10.1. The van der Waals surface area contributed by atoms with E-state index in [4.69, 9.17) is 0 Å². The Morgan fingerprint density at radius 1 is 1.07 bits per heavy atom. The molecule has 3 rings (SSSR count). The topological polar surface area (TPSA) is 54.6 Å². The summed E-state index contributed by atoms with van der Waals surface area (Å²) in [5.41, 5.74) is 7.74. The number of hydrogen-bond acceptors (Lipinski definition) is 2. The van der Waals surface area contributed by atoms with Gasteiger partial charge in [-0.25, -0.2) is 4.79 Å². The summed E-state index contributed by atoms with van der Waals surface area (Å²) in [6.45, 7) is 8.26. The molecule has 3 aromatic rings. The summed E-state index contributed by atoms with van der Waals surface area (Å²) in [4.78, 5) is 15.9. The number of carbonyl (C=O) groups is 1. The number of rotatable bonds is 7. The first-order valence-corrected chi connectivity index (χ1v) is 10.1. The number of nitrogens with zero attached hydrogens (tertiary/aromatic N) is 2. The highest BCUT2D eigenvalue weighted by molar-refractivity contribution is 5.88. The lowest BCUT2D eigenvalue weighted by Crippen LogP contribution is -2.04. The first kappa shape index (κ1) is 20.6. The molecule has 1 N–H and O–H groups in total. The molecule has 1 aromatic heterocycles. The van der Waals surface area contributed by atoms with E-state index in [1.807, 2.05) is 19.2 Å². The predicted octanol–water partition coefficient (Wildman–Crippen LogP) is 6.19. The van der Waals surface area contributed by atoms with Crippen LogP contribution in [-0.4, -0.2) is 21.9 Å². The third kappa shape index (κ3) is 4.65. The van der Waals surface area contributed by atoms with E-state index < -0.39 is 5.97 Å². The van der Waals surface area contributed by atoms with E-state index in [2.05, 4.69) is 60.7 Å². The van der Waals surface area contributed by atoms with Gasteiger partial charge in [-0.15, -0.1) is 0 Å². The maximum absolute atomic E-state index is 11.2. The van der Waals surface area contributed by atoms with Crippen LogP contribution in [0.1, 0.15) is 58.2 Å². The molecule has 4 nitrogen and oxygen atoms in total. The van der Waals surface area contributed by atoms with Crippen molar-refractivity contribution in [2.24, 2.45) is 4.99 Å². The molecule has 0 spiro atoms. The molecule has 0 unspecified atom stereocenters. The summed E-state index contributed by atoms with van der Waals surface area (Å²) in [7, 11) is 0. The maximum atomic E-state index is 11.2. The van der Waals surface area contributed by atoms with Crippen LogP contribution in [0.3, 0.4) is 0 Å². The van der Waals surface area contributed by atoms with E-state index in [0.717, 1.165) is 40.3 Å². The number of unbranched alkanes of at least 4 members (excludes halogenated alkanes) is 1. The van der Waals surface area contributed by atoms with Crippen LogP contribution in [0.15, 0.2) is 53.5 Å². The molecule has 29 heavy (non-hydrogen) atoms. The monoisotopic (exact) mass is 388 g/mol.